The van der Waals surface area contributed by atoms with Crippen LogP contribution in [0.25, 0.3) is 0 Å². The van der Waals surface area contributed by atoms with Crippen LogP contribution in [0.4, 0.5) is 0 Å². The molecular weight excluding hydrogens is 552 g/mol. The summed E-state index contributed by atoms with van der Waals surface area (Å²) in [6, 6.07) is 4.74. The molecule has 1 aliphatic carbocycles. The van der Waals surface area contributed by atoms with E-state index in [-0.39, 0.29) is 24.7 Å². The summed E-state index contributed by atoms with van der Waals surface area (Å²) in [6.45, 7) is 6.31. The van der Waals surface area contributed by atoms with Gasteiger partial charge in [-0.15, -0.1) is 0 Å². The zero-order valence-corrected chi connectivity index (χ0v) is 25.8. The number of carbonyl (C=O) groups excluding carboxylic acids is 4. The van der Waals surface area contributed by atoms with Crippen molar-refractivity contribution in [1.82, 2.24) is 20.9 Å². The van der Waals surface area contributed by atoms with Crippen molar-refractivity contribution in [2.75, 3.05) is 46.6 Å². The number of ether oxygens (including phenoxy) is 3. The zero-order valence-electron chi connectivity index (χ0n) is 25.8. The van der Waals surface area contributed by atoms with Gasteiger partial charge in [-0.05, 0) is 50.3 Å². The van der Waals surface area contributed by atoms with Gasteiger partial charge in [-0.3, -0.25) is 24.1 Å². The van der Waals surface area contributed by atoms with Gasteiger partial charge in [0.2, 0.25) is 17.7 Å². The summed E-state index contributed by atoms with van der Waals surface area (Å²) in [6.07, 6.45) is 7.54. The SMILES string of the molecule is COc1ccc(C[C@H](NC(=O)[C@H](C)NC(=O)CN2CCOCC2)C(=O)N[C@@H](CCC2CCCCC2)C(=O)[C@@]2(C)CO2)cc1. The number of methoxy groups -OCH3 is 1. The number of epoxide rings is 1. The average molecular weight is 601 g/mol. The largest absolute Gasteiger partial charge is 0.497 e. The van der Waals surface area contributed by atoms with E-state index in [2.05, 4.69) is 16.0 Å². The third-order valence-corrected chi connectivity index (χ3v) is 8.79. The number of benzene rings is 1. The number of rotatable bonds is 15. The Morgan fingerprint density at radius 1 is 0.977 bits per heavy atom. The van der Waals surface area contributed by atoms with Crippen LogP contribution in [0.5, 0.6) is 5.75 Å². The fourth-order valence-corrected chi connectivity index (χ4v) is 5.86. The molecule has 43 heavy (non-hydrogen) atoms. The summed E-state index contributed by atoms with van der Waals surface area (Å²) in [7, 11) is 1.58. The number of nitrogens with zero attached hydrogens (tertiary/aromatic N) is 1. The van der Waals surface area contributed by atoms with Crippen molar-refractivity contribution in [3.63, 3.8) is 0 Å². The van der Waals surface area contributed by atoms with Gasteiger partial charge in [-0.2, -0.15) is 0 Å². The normalized spacial score (nSPS) is 23.0. The highest BCUT2D eigenvalue weighted by molar-refractivity contribution is 5.98. The first kappa shape index (κ1) is 32.9. The van der Waals surface area contributed by atoms with Gasteiger partial charge in [0.15, 0.2) is 5.78 Å². The Balaban J connectivity index is 1.42. The van der Waals surface area contributed by atoms with Crippen molar-refractivity contribution >= 4 is 23.5 Å². The highest BCUT2D eigenvalue weighted by Crippen LogP contribution is 2.32. The average Bonchev–Trinajstić information content (AvgIpc) is 3.77. The van der Waals surface area contributed by atoms with Crippen LogP contribution in [0.2, 0.25) is 0 Å². The molecule has 0 aromatic heterocycles. The molecule has 2 heterocycles. The van der Waals surface area contributed by atoms with Gasteiger partial charge in [0.05, 0.1) is 39.5 Å². The molecule has 1 aromatic carbocycles. The van der Waals surface area contributed by atoms with Crippen LogP contribution >= 0.6 is 0 Å². The summed E-state index contributed by atoms with van der Waals surface area (Å²) >= 11 is 0. The van der Waals surface area contributed by atoms with Gasteiger partial charge in [0, 0.05) is 19.5 Å². The van der Waals surface area contributed by atoms with E-state index in [1.165, 1.54) is 19.3 Å². The zero-order chi connectivity index (χ0) is 30.8. The number of nitrogens with one attached hydrogen (secondary N) is 3. The van der Waals surface area contributed by atoms with Crippen LogP contribution in [0.1, 0.15) is 64.4 Å². The molecule has 3 N–H and O–H groups in total. The van der Waals surface area contributed by atoms with E-state index in [1.54, 1.807) is 33.1 Å². The van der Waals surface area contributed by atoms with Crippen LogP contribution in [0.3, 0.4) is 0 Å². The first-order valence-corrected chi connectivity index (χ1v) is 15.7. The quantitative estimate of drug-likeness (QED) is 0.259. The third-order valence-electron chi connectivity index (χ3n) is 8.79. The lowest BCUT2D eigenvalue weighted by Crippen LogP contribution is -2.57. The van der Waals surface area contributed by atoms with Crippen molar-refractivity contribution in [1.29, 1.82) is 0 Å². The molecule has 1 saturated carbocycles. The predicted octanol–water partition coefficient (Wildman–Crippen LogP) is 1.76. The molecular formula is C32H48N4O7. The molecule has 3 fully saturated rings. The van der Waals surface area contributed by atoms with Crippen molar-refractivity contribution < 1.29 is 33.4 Å². The van der Waals surface area contributed by atoms with Crippen LogP contribution in [-0.2, 0) is 35.1 Å². The van der Waals surface area contributed by atoms with Crippen LogP contribution in [-0.4, -0.2) is 98.7 Å². The lowest BCUT2D eigenvalue weighted by atomic mass is 9.84. The number of morpholine rings is 1. The summed E-state index contributed by atoms with van der Waals surface area (Å²) in [4.78, 5) is 55.0. The van der Waals surface area contributed by atoms with Crippen molar-refractivity contribution in [2.24, 2.45) is 5.92 Å². The molecule has 0 unspecified atom stereocenters. The van der Waals surface area contributed by atoms with Gasteiger partial charge < -0.3 is 30.2 Å². The Hall–Kier alpha value is -3.02. The molecule has 238 valence electrons. The van der Waals surface area contributed by atoms with E-state index in [1.807, 2.05) is 17.0 Å². The van der Waals surface area contributed by atoms with Gasteiger partial charge >= 0.3 is 0 Å². The van der Waals surface area contributed by atoms with Crippen molar-refractivity contribution in [2.45, 2.75) is 88.9 Å². The van der Waals surface area contributed by atoms with E-state index >= 15 is 0 Å². The molecule has 11 nitrogen and oxygen atoms in total. The van der Waals surface area contributed by atoms with Crippen LogP contribution < -0.4 is 20.7 Å². The monoisotopic (exact) mass is 600 g/mol. The summed E-state index contributed by atoms with van der Waals surface area (Å²) in [5.41, 5.74) is -0.0637. The van der Waals surface area contributed by atoms with Gasteiger partial charge in [-0.25, -0.2) is 0 Å². The lowest BCUT2D eigenvalue weighted by molar-refractivity contribution is -0.134. The standard InChI is InChI=1S/C32H48N4O7/c1-22(33-28(37)20-36-15-17-42-18-16-36)30(39)35-27(19-24-9-12-25(41-3)13-10-24)31(40)34-26(29(38)32(2)21-43-32)14-11-23-7-5-4-6-8-23/h9-10,12-13,22-23,26-27H,4-8,11,14-21H2,1-3H3,(H,33,37)(H,34,40)(H,35,39)/t22-,26-,27-,32+/m0/s1. The Kier molecular flexibility index (Phi) is 12.0. The van der Waals surface area contributed by atoms with E-state index in [4.69, 9.17) is 14.2 Å². The molecule has 0 radical (unpaired) electrons. The second-order valence-electron chi connectivity index (χ2n) is 12.3. The second-order valence-corrected chi connectivity index (χ2v) is 12.3. The summed E-state index contributed by atoms with van der Waals surface area (Å²) in [5, 5.41) is 8.55. The predicted molar refractivity (Wildman–Crippen MR) is 161 cm³/mol. The maximum atomic E-state index is 13.8. The lowest BCUT2D eigenvalue weighted by Gasteiger charge is -2.28. The summed E-state index contributed by atoms with van der Waals surface area (Å²) in [5.74, 6) is -0.0995. The number of hydrogen-bond donors (Lipinski definition) is 3. The Bertz CT molecular complexity index is 1100. The molecule has 2 aliphatic heterocycles. The molecule has 4 rings (SSSR count). The van der Waals surface area contributed by atoms with Gasteiger partial charge in [0.1, 0.15) is 23.4 Å². The number of carbonyl (C=O) groups is 4. The van der Waals surface area contributed by atoms with E-state index in [9.17, 15) is 19.2 Å². The van der Waals surface area contributed by atoms with E-state index < -0.39 is 35.5 Å². The fraction of sp³-hybridized carbons (Fsp3) is 0.688. The Morgan fingerprint density at radius 2 is 1.63 bits per heavy atom. The second kappa shape index (κ2) is 15.6. The van der Waals surface area contributed by atoms with Crippen molar-refractivity contribution in [3.05, 3.63) is 29.8 Å². The van der Waals surface area contributed by atoms with Crippen LogP contribution in [0, 0.1) is 5.92 Å². The van der Waals surface area contributed by atoms with Crippen LogP contribution in [0.15, 0.2) is 24.3 Å². The summed E-state index contributed by atoms with van der Waals surface area (Å²) < 4.78 is 16.0. The molecule has 1 aromatic rings. The van der Waals surface area contributed by atoms with E-state index in [0.717, 1.165) is 24.8 Å². The Labute approximate surface area is 254 Å². The van der Waals surface area contributed by atoms with Crippen molar-refractivity contribution in [3.8, 4) is 5.75 Å². The minimum Gasteiger partial charge on any atom is -0.497 e. The number of ketones is 1. The number of amides is 3. The molecule has 0 bridgehead atoms. The topological polar surface area (TPSA) is 139 Å². The smallest absolute Gasteiger partial charge is 0.243 e. The molecule has 3 aliphatic rings. The first-order chi connectivity index (χ1) is 20.7. The first-order valence-electron chi connectivity index (χ1n) is 15.7. The highest BCUT2D eigenvalue weighted by atomic mass is 16.6. The molecule has 4 atom stereocenters. The maximum Gasteiger partial charge on any atom is 0.243 e. The highest BCUT2D eigenvalue weighted by Gasteiger charge is 2.50. The van der Waals surface area contributed by atoms with E-state index in [0.29, 0.717) is 51.0 Å². The Morgan fingerprint density at radius 3 is 2.26 bits per heavy atom. The van der Waals surface area contributed by atoms with Gasteiger partial charge in [-0.1, -0.05) is 44.2 Å². The van der Waals surface area contributed by atoms with Gasteiger partial charge in [0.25, 0.3) is 0 Å². The minimum absolute atomic E-state index is 0.130. The third kappa shape index (κ3) is 10.0. The fourth-order valence-electron chi connectivity index (χ4n) is 5.86. The molecule has 11 heteroatoms. The molecule has 3 amide bonds. The number of hydrogen-bond acceptors (Lipinski definition) is 8. The minimum atomic E-state index is -0.961. The number of Topliss-reactive ketones (excluding diaryl/α,β-unsaturated/α-hetero) is 1. The molecule has 0 spiro atoms. The molecule has 2 saturated heterocycles. The maximum absolute atomic E-state index is 13.8.